The third-order valence-corrected chi connectivity index (χ3v) is 3.15. The van der Waals surface area contributed by atoms with Crippen LogP contribution >= 0.6 is 0 Å². The van der Waals surface area contributed by atoms with Gasteiger partial charge in [0.05, 0.1) is 17.5 Å². The second kappa shape index (κ2) is 6.17. The van der Waals surface area contributed by atoms with Crippen LogP contribution in [0.4, 0.5) is 4.79 Å². The first-order chi connectivity index (χ1) is 9.55. The van der Waals surface area contributed by atoms with Gasteiger partial charge in [0.15, 0.2) is 0 Å². The third-order valence-electron chi connectivity index (χ3n) is 3.15. The van der Waals surface area contributed by atoms with Crippen LogP contribution in [0.15, 0.2) is 24.3 Å². The summed E-state index contributed by atoms with van der Waals surface area (Å²) in [6.45, 7) is 11.1. The highest BCUT2D eigenvalue weighted by molar-refractivity contribution is 5.68. The predicted octanol–water partition coefficient (Wildman–Crippen LogP) is 4.07. The number of nitriles is 1. The van der Waals surface area contributed by atoms with Crippen molar-refractivity contribution in [2.24, 2.45) is 0 Å². The Kier molecular flexibility index (Phi) is 5.01. The molecule has 0 fully saturated rings. The van der Waals surface area contributed by atoms with Crippen LogP contribution in [-0.2, 0) is 10.2 Å². The minimum Gasteiger partial charge on any atom is -0.444 e. The lowest BCUT2D eigenvalue weighted by Crippen LogP contribution is -2.34. The van der Waals surface area contributed by atoms with E-state index in [4.69, 9.17) is 10.00 Å². The lowest BCUT2D eigenvalue weighted by molar-refractivity contribution is 0.0508. The minimum atomic E-state index is -0.514. The van der Waals surface area contributed by atoms with Crippen molar-refractivity contribution >= 4 is 6.09 Å². The Balaban J connectivity index is 2.75. The van der Waals surface area contributed by atoms with Crippen molar-refractivity contribution in [2.45, 2.75) is 58.6 Å². The highest BCUT2D eigenvalue weighted by Gasteiger charge is 2.21. The van der Waals surface area contributed by atoms with E-state index in [1.54, 1.807) is 0 Å². The number of alkyl carbamates (subject to hydrolysis) is 1. The Morgan fingerprint density at radius 1 is 1.19 bits per heavy atom. The van der Waals surface area contributed by atoms with Crippen molar-refractivity contribution in [3.63, 3.8) is 0 Å². The lowest BCUT2D eigenvalue weighted by Gasteiger charge is -2.22. The van der Waals surface area contributed by atoms with E-state index in [-0.39, 0.29) is 6.04 Å². The van der Waals surface area contributed by atoms with E-state index in [0.717, 1.165) is 11.1 Å². The van der Waals surface area contributed by atoms with E-state index in [0.29, 0.717) is 0 Å². The van der Waals surface area contributed by atoms with Gasteiger partial charge in [0, 0.05) is 0 Å². The summed E-state index contributed by atoms with van der Waals surface area (Å²) in [6, 6.07) is 9.82. The molecular weight excluding hydrogens is 264 g/mol. The molecule has 21 heavy (non-hydrogen) atoms. The molecule has 1 N–H and O–H groups in total. The van der Waals surface area contributed by atoms with Gasteiger partial charge in [0.25, 0.3) is 0 Å². The van der Waals surface area contributed by atoms with E-state index in [9.17, 15) is 4.79 Å². The summed E-state index contributed by atoms with van der Waals surface area (Å²) in [5.74, 6) is 0. The van der Waals surface area contributed by atoms with E-state index in [1.165, 1.54) is 0 Å². The number of hydrogen-bond donors (Lipinski definition) is 1. The molecule has 4 heteroatoms. The largest absolute Gasteiger partial charge is 0.444 e. The number of hydrogen-bond acceptors (Lipinski definition) is 3. The molecule has 0 spiro atoms. The first kappa shape index (κ1) is 17.0. The minimum absolute atomic E-state index is 0.154. The molecule has 0 heterocycles. The second-order valence-corrected chi connectivity index (χ2v) is 6.73. The summed E-state index contributed by atoms with van der Waals surface area (Å²) in [5, 5.41) is 11.9. The Morgan fingerprint density at radius 3 is 2.14 bits per heavy atom. The highest BCUT2D eigenvalue weighted by atomic mass is 16.6. The van der Waals surface area contributed by atoms with Gasteiger partial charge in [0.1, 0.15) is 5.60 Å². The number of benzene rings is 1. The predicted molar refractivity (Wildman–Crippen MR) is 82.9 cm³/mol. The molecule has 114 valence electrons. The number of nitrogens with one attached hydrogen (secondary N) is 1. The number of ether oxygens (including phenoxy) is 1. The van der Waals surface area contributed by atoms with Crippen LogP contribution < -0.4 is 5.32 Å². The van der Waals surface area contributed by atoms with Gasteiger partial charge in [-0.25, -0.2) is 4.79 Å². The van der Waals surface area contributed by atoms with Crippen molar-refractivity contribution in [3.05, 3.63) is 35.4 Å². The summed E-state index contributed by atoms with van der Waals surface area (Å²) in [7, 11) is 0. The van der Waals surface area contributed by atoms with Gasteiger partial charge in [-0.15, -0.1) is 0 Å². The van der Waals surface area contributed by atoms with E-state index in [2.05, 4.69) is 11.4 Å². The highest BCUT2D eigenvalue weighted by Crippen LogP contribution is 2.24. The van der Waals surface area contributed by atoms with Crippen LogP contribution in [0.2, 0.25) is 0 Å². The van der Waals surface area contributed by atoms with Crippen LogP contribution in [0.1, 0.15) is 58.7 Å². The Labute approximate surface area is 127 Å². The summed E-state index contributed by atoms with van der Waals surface area (Å²) < 4.78 is 5.23. The van der Waals surface area contributed by atoms with Crippen molar-refractivity contribution in [1.82, 2.24) is 5.32 Å². The first-order valence-corrected chi connectivity index (χ1v) is 7.06. The zero-order chi connectivity index (χ0) is 16.3. The van der Waals surface area contributed by atoms with E-state index in [1.807, 2.05) is 65.8 Å². The molecule has 0 aliphatic heterocycles. The molecule has 0 bridgehead atoms. The van der Waals surface area contributed by atoms with Crippen LogP contribution in [0.3, 0.4) is 0 Å². The van der Waals surface area contributed by atoms with Gasteiger partial charge < -0.3 is 10.1 Å². The van der Waals surface area contributed by atoms with Crippen molar-refractivity contribution in [2.75, 3.05) is 0 Å². The van der Waals surface area contributed by atoms with Gasteiger partial charge in [-0.1, -0.05) is 24.3 Å². The maximum Gasteiger partial charge on any atom is 0.408 e. The van der Waals surface area contributed by atoms with E-state index >= 15 is 0 Å². The standard InChI is InChI=1S/C17H24N2O2/c1-12(19-15(20)21-16(2,3)4)13-7-9-14(10-8-13)17(5,6)11-18/h7-10,12H,1-6H3,(H,19,20)/t12-/m1/s1. The van der Waals surface area contributed by atoms with Gasteiger partial charge in [0.2, 0.25) is 0 Å². The molecular formula is C17H24N2O2. The molecule has 0 aliphatic carbocycles. The molecule has 0 unspecified atom stereocenters. The Morgan fingerprint density at radius 2 is 1.71 bits per heavy atom. The third kappa shape index (κ3) is 5.11. The molecule has 1 rings (SSSR count). The molecule has 1 aromatic carbocycles. The van der Waals surface area contributed by atoms with Gasteiger partial charge in [-0.2, -0.15) is 5.26 Å². The normalized spacial score (nSPS) is 13.2. The smallest absolute Gasteiger partial charge is 0.408 e. The van der Waals surface area contributed by atoms with Crippen molar-refractivity contribution in [1.29, 1.82) is 5.26 Å². The fourth-order valence-electron chi connectivity index (χ4n) is 1.82. The Hall–Kier alpha value is -2.02. The van der Waals surface area contributed by atoms with Gasteiger partial charge >= 0.3 is 6.09 Å². The van der Waals surface area contributed by atoms with Crippen molar-refractivity contribution < 1.29 is 9.53 Å². The number of nitrogens with zero attached hydrogens (tertiary/aromatic N) is 1. The number of rotatable bonds is 3. The Bertz CT molecular complexity index is 533. The molecule has 0 saturated carbocycles. The van der Waals surface area contributed by atoms with Gasteiger partial charge in [-0.3, -0.25) is 0 Å². The molecule has 0 aromatic heterocycles. The van der Waals surface area contributed by atoms with Crippen LogP contribution in [0, 0.1) is 11.3 Å². The summed E-state index contributed by atoms with van der Waals surface area (Å²) in [6.07, 6.45) is -0.434. The first-order valence-electron chi connectivity index (χ1n) is 7.06. The lowest BCUT2D eigenvalue weighted by atomic mass is 9.85. The summed E-state index contributed by atoms with van der Waals surface area (Å²) in [5.41, 5.74) is 0.904. The maximum atomic E-state index is 11.7. The SMILES string of the molecule is C[C@@H](NC(=O)OC(C)(C)C)c1ccc(C(C)(C)C#N)cc1. The monoisotopic (exact) mass is 288 g/mol. The van der Waals surface area contributed by atoms with Crippen LogP contribution in [-0.4, -0.2) is 11.7 Å². The quantitative estimate of drug-likeness (QED) is 0.911. The fourth-order valence-corrected chi connectivity index (χ4v) is 1.82. The zero-order valence-electron chi connectivity index (χ0n) is 13.7. The fraction of sp³-hybridized carbons (Fsp3) is 0.529. The molecule has 0 saturated heterocycles. The van der Waals surface area contributed by atoms with Gasteiger partial charge in [-0.05, 0) is 52.7 Å². The molecule has 4 nitrogen and oxygen atoms in total. The average molecular weight is 288 g/mol. The summed E-state index contributed by atoms with van der Waals surface area (Å²) in [4.78, 5) is 11.7. The molecule has 1 amide bonds. The average Bonchev–Trinajstić information content (AvgIpc) is 2.36. The molecule has 0 aliphatic rings. The summed E-state index contributed by atoms with van der Waals surface area (Å²) >= 11 is 0. The second-order valence-electron chi connectivity index (χ2n) is 6.73. The number of carbonyl (C=O) groups is 1. The topological polar surface area (TPSA) is 62.1 Å². The number of carbonyl (C=O) groups excluding carboxylic acids is 1. The van der Waals surface area contributed by atoms with Crippen LogP contribution in [0.25, 0.3) is 0 Å². The maximum absolute atomic E-state index is 11.7. The zero-order valence-corrected chi connectivity index (χ0v) is 13.7. The number of amides is 1. The van der Waals surface area contributed by atoms with Crippen molar-refractivity contribution in [3.8, 4) is 6.07 Å². The van der Waals surface area contributed by atoms with Crippen LogP contribution in [0.5, 0.6) is 0 Å². The molecule has 1 atom stereocenters. The molecule has 1 aromatic rings. The van der Waals surface area contributed by atoms with E-state index < -0.39 is 17.1 Å². The molecule has 0 radical (unpaired) electrons.